The number of amides is 7. The highest BCUT2D eigenvalue weighted by Gasteiger charge is 2.64. The molecule has 4 fully saturated rings. The fraction of sp³-hybridized carbons (Fsp3) is 0.487. The molecule has 4 N–H and O–H groups in total. The van der Waals surface area contributed by atoms with Crippen molar-refractivity contribution < 1.29 is 76.0 Å². The summed E-state index contributed by atoms with van der Waals surface area (Å²) in [7, 11) is -4.04. The molecule has 0 aromatic heterocycles. The zero-order valence-corrected chi connectivity index (χ0v) is 36.7. The third-order valence-corrected chi connectivity index (χ3v) is 13.6. The van der Waals surface area contributed by atoms with Gasteiger partial charge in [-0.15, -0.1) is 11.8 Å². The molecule has 0 spiro atoms. The van der Waals surface area contributed by atoms with E-state index in [-0.39, 0.29) is 24.2 Å². The summed E-state index contributed by atoms with van der Waals surface area (Å²) in [6.07, 6.45) is 0.767. The second kappa shape index (κ2) is 17.8. The SMILES string of the molecule is CC(=O)OCC1=C(C(=O)O)N2C(=O)/C(=C/C(=O)OC(C)(C)C)[C@H]2S(=O)(=O)C1.CCN1CCN(C(=O)NC(C(=O)N[C@H]2C(=O)N3[C@H]2SC(C)(C)[C@H]3C(=O)O)c2ccccc2)C(=O)C1=O. The van der Waals surface area contributed by atoms with Gasteiger partial charge in [0.15, 0.2) is 15.2 Å². The molecule has 1 unspecified atom stereocenters. The van der Waals surface area contributed by atoms with E-state index < -0.39 is 127 Å². The van der Waals surface area contributed by atoms with Crippen LogP contribution in [0.1, 0.15) is 60.1 Å². The number of benzene rings is 1. The van der Waals surface area contributed by atoms with Crippen LogP contribution in [0.4, 0.5) is 4.79 Å². The highest BCUT2D eigenvalue weighted by atomic mass is 32.2. The molecule has 4 saturated heterocycles. The Morgan fingerprint density at radius 3 is 2.17 bits per heavy atom. The van der Waals surface area contributed by atoms with Crippen LogP contribution in [-0.4, -0.2) is 163 Å². The molecule has 5 heterocycles. The lowest BCUT2D eigenvalue weighted by Crippen LogP contribution is -2.71. The fourth-order valence-electron chi connectivity index (χ4n) is 7.40. The number of esters is 2. The van der Waals surface area contributed by atoms with Crippen LogP contribution in [0.3, 0.4) is 0 Å². The zero-order valence-electron chi connectivity index (χ0n) is 35.1. The van der Waals surface area contributed by atoms with Crippen molar-refractivity contribution in [3.63, 3.8) is 0 Å². The monoisotopic (exact) mass is 918 g/mol. The van der Waals surface area contributed by atoms with E-state index in [2.05, 4.69) is 10.6 Å². The summed E-state index contributed by atoms with van der Waals surface area (Å²) in [6, 6.07) is 4.11. The maximum Gasteiger partial charge on any atom is 0.352 e. The number of nitrogens with zero attached hydrogens (tertiary/aromatic N) is 4. The van der Waals surface area contributed by atoms with Crippen molar-refractivity contribution in [2.75, 3.05) is 32.0 Å². The van der Waals surface area contributed by atoms with E-state index in [1.54, 1.807) is 71.9 Å². The van der Waals surface area contributed by atoms with Gasteiger partial charge < -0.3 is 40.1 Å². The summed E-state index contributed by atoms with van der Waals surface area (Å²) >= 11 is 1.28. The average molecular weight is 919 g/mol. The lowest BCUT2D eigenvalue weighted by molar-refractivity contribution is -0.161. The van der Waals surface area contributed by atoms with Crippen LogP contribution in [0, 0.1) is 0 Å². The fourth-order valence-corrected chi connectivity index (χ4v) is 11.0. The first-order valence-electron chi connectivity index (χ1n) is 19.3. The number of β-lactam (4-membered cyclic amide) rings is 2. The molecule has 0 bridgehead atoms. The van der Waals surface area contributed by atoms with Crippen molar-refractivity contribution in [3.8, 4) is 0 Å². The standard InChI is InChI=1S/C23H27N5O7S.C16H19NO9S/c1-4-26-10-11-27(19(32)18(26)31)22(35)25-13(12-8-6-5-7-9-12)16(29)24-14-17(30)28-15(21(33)34)23(2,3)36-20(14)28;1-8(18)25-6-9-7-27(23,24)14-10(5-11(19)26-16(2,3)4)13(20)17(14)12(9)15(21)22/h5-9,13-15,20H,4,10-11H2,1-3H3,(H,24,29)(H,25,35)(H,33,34);5,14H,6-7H2,1-4H3,(H,21,22)/b;10-5-/t13?,14-,15+,20-;14-/m01/s1. The summed E-state index contributed by atoms with van der Waals surface area (Å²) in [4.78, 5) is 126. The van der Waals surface area contributed by atoms with Gasteiger partial charge in [-0.2, -0.15) is 0 Å². The number of sulfone groups is 1. The molecule has 24 heteroatoms. The zero-order chi connectivity index (χ0) is 47.1. The molecule has 1 aromatic rings. The van der Waals surface area contributed by atoms with Gasteiger partial charge in [0.25, 0.3) is 5.91 Å². The first kappa shape index (κ1) is 47.7. The summed E-state index contributed by atoms with van der Waals surface area (Å²) in [5.74, 6) is -8.96. The number of urea groups is 1. The Balaban J connectivity index is 0.000000248. The summed E-state index contributed by atoms with van der Waals surface area (Å²) in [5, 5.41) is 22.0. The number of carbonyl (C=O) groups excluding carboxylic acids is 8. The van der Waals surface area contributed by atoms with Gasteiger partial charge >= 0.3 is 41.7 Å². The third-order valence-electron chi connectivity index (χ3n) is 10.2. The minimum absolute atomic E-state index is 0.0200. The molecule has 7 amide bonds. The van der Waals surface area contributed by atoms with E-state index in [1.165, 1.54) is 21.6 Å². The predicted molar refractivity (Wildman–Crippen MR) is 217 cm³/mol. The van der Waals surface area contributed by atoms with Crippen LogP contribution < -0.4 is 10.6 Å². The molecule has 0 aliphatic carbocycles. The number of ether oxygens (including phenoxy) is 2. The largest absolute Gasteiger partial charge is 0.480 e. The number of fused-ring (bicyclic) bond motifs is 2. The Labute approximate surface area is 364 Å². The molecular weight excluding hydrogens is 873 g/mol. The van der Waals surface area contributed by atoms with Crippen molar-refractivity contribution in [2.24, 2.45) is 0 Å². The number of thioether (sulfide) groups is 1. The minimum Gasteiger partial charge on any atom is -0.480 e. The van der Waals surface area contributed by atoms with Crippen molar-refractivity contribution >= 4 is 81.0 Å². The molecule has 340 valence electrons. The molecule has 5 aliphatic rings. The highest BCUT2D eigenvalue weighted by molar-refractivity contribution is 8.01. The maximum atomic E-state index is 13.3. The quantitative estimate of drug-likeness (QED) is 0.0997. The van der Waals surface area contributed by atoms with Gasteiger partial charge in [-0.1, -0.05) is 30.3 Å². The number of carboxylic acids is 2. The van der Waals surface area contributed by atoms with Crippen LogP contribution in [0.25, 0.3) is 0 Å². The first-order valence-corrected chi connectivity index (χ1v) is 21.9. The van der Waals surface area contributed by atoms with Gasteiger partial charge in [0.05, 0.1) is 11.3 Å². The second-order valence-corrected chi connectivity index (χ2v) is 20.1. The summed E-state index contributed by atoms with van der Waals surface area (Å²) in [5.41, 5.74) is -1.61. The van der Waals surface area contributed by atoms with Gasteiger partial charge in [0.2, 0.25) is 11.8 Å². The third kappa shape index (κ3) is 9.70. The number of likely N-dealkylation sites (N-methyl/N-ethyl adjacent to an activating group) is 1. The average Bonchev–Trinajstić information content (AvgIpc) is 3.44. The van der Waals surface area contributed by atoms with Crippen LogP contribution in [0.15, 0.2) is 53.3 Å². The van der Waals surface area contributed by atoms with Crippen LogP contribution in [-0.2, 0) is 62.5 Å². The maximum absolute atomic E-state index is 13.3. The number of carbonyl (C=O) groups is 10. The van der Waals surface area contributed by atoms with Gasteiger partial charge in [-0.05, 0) is 47.1 Å². The smallest absolute Gasteiger partial charge is 0.352 e. The molecular formula is C39H46N6O16S2. The molecule has 1 aromatic carbocycles. The molecule has 5 atom stereocenters. The summed E-state index contributed by atoms with van der Waals surface area (Å²) < 4.78 is 34.0. The van der Waals surface area contributed by atoms with E-state index in [0.717, 1.165) is 17.9 Å². The molecule has 5 aliphatic heterocycles. The normalized spacial score (nSPS) is 24.5. The Bertz CT molecular complexity index is 2340. The second-order valence-electron chi connectivity index (χ2n) is 16.2. The van der Waals surface area contributed by atoms with E-state index in [9.17, 15) is 66.6 Å². The van der Waals surface area contributed by atoms with Crippen molar-refractivity contribution in [2.45, 2.75) is 87.7 Å². The van der Waals surface area contributed by atoms with Crippen LogP contribution >= 0.6 is 11.8 Å². The number of rotatable bonds is 10. The van der Waals surface area contributed by atoms with Crippen LogP contribution in [0.5, 0.6) is 0 Å². The Morgan fingerprint density at radius 1 is 0.984 bits per heavy atom. The number of hydrogen-bond acceptors (Lipinski definition) is 15. The molecule has 22 nitrogen and oxygen atoms in total. The van der Waals surface area contributed by atoms with Crippen LogP contribution in [0.2, 0.25) is 0 Å². The predicted octanol–water partition coefficient (Wildman–Crippen LogP) is -0.487. The molecule has 0 saturated carbocycles. The van der Waals surface area contributed by atoms with Gasteiger partial charge in [0, 0.05) is 43.0 Å². The number of carboxylic acid groups (broad SMARTS) is 2. The Kier molecular flexibility index (Phi) is 13.5. The number of imide groups is 1. The highest BCUT2D eigenvalue weighted by Crippen LogP contribution is 2.51. The topological polar surface area (TPSA) is 301 Å². The lowest BCUT2D eigenvalue weighted by Gasteiger charge is -2.45. The van der Waals surface area contributed by atoms with E-state index in [0.29, 0.717) is 17.0 Å². The van der Waals surface area contributed by atoms with Crippen molar-refractivity contribution in [3.05, 3.63) is 58.8 Å². The lowest BCUT2D eigenvalue weighted by atomic mass is 9.95. The van der Waals surface area contributed by atoms with Gasteiger partial charge in [-0.25, -0.2) is 27.6 Å². The number of nitrogens with one attached hydrogen (secondary N) is 2. The number of piperazine rings is 1. The summed E-state index contributed by atoms with van der Waals surface area (Å²) in [6.45, 7) is 11.0. The Hall–Kier alpha value is -6.30. The minimum atomic E-state index is -4.04. The van der Waals surface area contributed by atoms with Gasteiger partial charge in [-0.3, -0.25) is 38.6 Å². The number of aliphatic carboxylic acids is 2. The molecule has 63 heavy (non-hydrogen) atoms. The molecule has 0 radical (unpaired) electrons. The van der Waals surface area contributed by atoms with E-state index in [1.807, 2.05) is 0 Å². The number of hydrogen-bond donors (Lipinski definition) is 4. The van der Waals surface area contributed by atoms with E-state index in [4.69, 9.17) is 9.47 Å². The van der Waals surface area contributed by atoms with Gasteiger partial charge in [0.1, 0.15) is 41.4 Å². The van der Waals surface area contributed by atoms with Crippen molar-refractivity contribution in [1.82, 2.24) is 30.2 Å². The van der Waals surface area contributed by atoms with Crippen molar-refractivity contribution in [1.29, 1.82) is 0 Å². The first-order chi connectivity index (χ1) is 29.2. The molecule has 6 rings (SSSR count). The van der Waals surface area contributed by atoms with E-state index >= 15 is 0 Å². The Morgan fingerprint density at radius 2 is 1.62 bits per heavy atom.